The summed E-state index contributed by atoms with van der Waals surface area (Å²) in [7, 11) is 0. The van der Waals surface area contributed by atoms with Crippen LogP contribution >= 0.6 is 0 Å². The monoisotopic (exact) mass is 239 g/mol. The molecule has 2 nitrogen and oxygen atoms in total. The molecule has 0 heterocycles. The highest BCUT2D eigenvalue weighted by Crippen LogP contribution is 2.31. The van der Waals surface area contributed by atoms with Crippen molar-refractivity contribution in [2.75, 3.05) is 6.61 Å². The van der Waals surface area contributed by atoms with E-state index in [0.29, 0.717) is 18.3 Å². The second-order valence-corrected chi connectivity index (χ2v) is 4.95. The summed E-state index contributed by atoms with van der Waals surface area (Å²) in [5.74, 6) is 0.905. The summed E-state index contributed by atoms with van der Waals surface area (Å²) in [5.41, 5.74) is 5.78. The van der Waals surface area contributed by atoms with Gasteiger partial charge in [0.25, 0.3) is 0 Å². The third-order valence-corrected chi connectivity index (χ3v) is 3.29. The number of halogens is 3. The van der Waals surface area contributed by atoms with Crippen molar-refractivity contribution in [1.82, 2.24) is 0 Å². The third-order valence-electron chi connectivity index (χ3n) is 3.29. The van der Waals surface area contributed by atoms with Crippen LogP contribution in [0.5, 0.6) is 0 Å². The van der Waals surface area contributed by atoms with Crippen LogP contribution in [0, 0.1) is 11.8 Å². The molecule has 0 saturated heterocycles. The fourth-order valence-electron chi connectivity index (χ4n) is 2.18. The predicted octanol–water partition coefficient (Wildman–Crippen LogP) is 2.72. The normalized spacial score (nSPS) is 32.1. The standard InChI is InChI=1S/C11H20F3NO/c1-7(2)8-3-4-9(15)10(5-8)16-6-11(12,13)14/h7-10H,3-6,15H2,1-2H3. The molecule has 1 rings (SSSR count). The quantitative estimate of drug-likeness (QED) is 0.821. The molecular formula is C11H20F3NO. The molecule has 0 aromatic carbocycles. The number of nitrogens with two attached hydrogens (primary N) is 1. The maximum atomic E-state index is 12.0. The lowest BCUT2D eigenvalue weighted by molar-refractivity contribution is -0.191. The molecule has 0 amide bonds. The van der Waals surface area contributed by atoms with Crippen LogP contribution in [-0.2, 0) is 4.74 Å². The average molecular weight is 239 g/mol. The Balaban J connectivity index is 2.44. The van der Waals surface area contributed by atoms with Crippen molar-refractivity contribution in [3.05, 3.63) is 0 Å². The minimum Gasteiger partial charge on any atom is -0.367 e. The zero-order valence-electron chi connectivity index (χ0n) is 9.76. The van der Waals surface area contributed by atoms with Crippen LogP contribution in [0.15, 0.2) is 0 Å². The van der Waals surface area contributed by atoms with Gasteiger partial charge in [-0.2, -0.15) is 13.2 Å². The van der Waals surface area contributed by atoms with Crippen molar-refractivity contribution >= 4 is 0 Å². The Morgan fingerprint density at radius 3 is 2.44 bits per heavy atom. The van der Waals surface area contributed by atoms with Gasteiger partial charge in [0.05, 0.1) is 6.10 Å². The summed E-state index contributed by atoms with van der Waals surface area (Å²) in [6, 6.07) is -0.252. The van der Waals surface area contributed by atoms with E-state index in [9.17, 15) is 13.2 Å². The van der Waals surface area contributed by atoms with Gasteiger partial charge in [0.2, 0.25) is 0 Å². The Kier molecular flexibility index (Phi) is 4.62. The van der Waals surface area contributed by atoms with E-state index in [1.165, 1.54) is 0 Å². The largest absolute Gasteiger partial charge is 0.411 e. The van der Waals surface area contributed by atoms with E-state index in [4.69, 9.17) is 10.5 Å². The molecular weight excluding hydrogens is 219 g/mol. The number of hydrogen-bond acceptors (Lipinski definition) is 2. The zero-order valence-corrected chi connectivity index (χ0v) is 9.76. The fraction of sp³-hybridized carbons (Fsp3) is 1.00. The van der Waals surface area contributed by atoms with Crippen LogP contribution in [0.3, 0.4) is 0 Å². The number of hydrogen-bond donors (Lipinski definition) is 1. The molecule has 96 valence electrons. The maximum absolute atomic E-state index is 12.0. The van der Waals surface area contributed by atoms with Crippen molar-refractivity contribution in [3.8, 4) is 0 Å². The lowest BCUT2D eigenvalue weighted by Crippen LogP contribution is -2.44. The molecule has 0 aliphatic heterocycles. The molecule has 0 radical (unpaired) electrons. The summed E-state index contributed by atoms with van der Waals surface area (Å²) in [6.45, 7) is 2.99. The van der Waals surface area contributed by atoms with Crippen molar-refractivity contribution in [3.63, 3.8) is 0 Å². The van der Waals surface area contributed by atoms with Crippen molar-refractivity contribution in [1.29, 1.82) is 0 Å². The van der Waals surface area contributed by atoms with E-state index in [2.05, 4.69) is 13.8 Å². The van der Waals surface area contributed by atoms with Crippen molar-refractivity contribution in [2.45, 2.75) is 51.4 Å². The van der Waals surface area contributed by atoms with E-state index in [0.717, 1.165) is 12.8 Å². The first-order valence-corrected chi connectivity index (χ1v) is 5.73. The highest BCUT2D eigenvalue weighted by Gasteiger charge is 2.34. The Bertz CT molecular complexity index is 218. The molecule has 1 saturated carbocycles. The van der Waals surface area contributed by atoms with E-state index in [-0.39, 0.29) is 6.04 Å². The van der Waals surface area contributed by atoms with Gasteiger partial charge in [-0.05, 0) is 31.1 Å². The van der Waals surface area contributed by atoms with Gasteiger partial charge in [-0.25, -0.2) is 0 Å². The molecule has 0 aromatic rings. The fourth-order valence-corrected chi connectivity index (χ4v) is 2.18. The smallest absolute Gasteiger partial charge is 0.367 e. The Morgan fingerprint density at radius 1 is 1.31 bits per heavy atom. The second-order valence-electron chi connectivity index (χ2n) is 4.95. The van der Waals surface area contributed by atoms with Crippen LogP contribution < -0.4 is 5.73 Å². The minimum absolute atomic E-state index is 0.252. The van der Waals surface area contributed by atoms with Crippen molar-refractivity contribution in [2.24, 2.45) is 17.6 Å². The Morgan fingerprint density at radius 2 is 1.94 bits per heavy atom. The number of alkyl halides is 3. The molecule has 3 unspecified atom stereocenters. The van der Waals surface area contributed by atoms with Crippen LogP contribution in [-0.4, -0.2) is 24.9 Å². The first kappa shape index (κ1) is 13.8. The molecule has 0 spiro atoms. The van der Waals surface area contributed by atoms with Gasteiger partial charge in [-0.15, -0.1) is 0 Å². The number of ether oxygens (including phenoxy) is 1. The van der Waals surface area contributed by atoms with Crippen molar-refractivity contribution < 1.29 is 17.9 Å². The molecule has 3 atom stereocenters. The molecule has 0 aromatic heterocycles. The van der Waals surface area contributed by atoms with Gasteiger partial charge in [-0.1, -0.05) is 13.8 Å². The predicted molar refractivity (Wildman–Crippen MR) is 55.9 cm³/mol. The second kappa shape index (κ2) is 5.36. The minimum atomic E-state index is -4.26. The van der Waals surface area contributed by atoms with E-state index >= 15 is 0 Å². The lowest BCUT2D eigenvalue weighted by Gasteiger charge is -2.36. The van der Waals surface area contributed by atoms with Gasteiger partial charge < -0.3 is 10.5 Å². The summed E-state index contributed by atoms with van der Waals surface area (Å²) in [5, 5.41) is 0. The zero-order chi connectivity index (χ0) is 12.3. The molecule has 5 heteroatoms. The summed E-state index contributed by atoms with van der Waals surface area (Å²) in [4.78, 5) is 0. The van der Waals surface area contributed by atoms with E-state index < -0.39 is 18.9 Å². The van der Waals surface area contributed by atoms with Gasteiger partial charge in [0, 0.05) is 6.04 Å². The highest BCUT2D eigenvalue weighted by atomic mass is 19.4. The third kappa shape index (κ3) is 4.29. The molecule has 0 bridgehead atoms. The van der Waals surface area contributed by atoms with Crippen LogP contribution in [0.1, 0.15) is 33.1 Å². The topological polar surface area (TPSA) is 35.2 Å². The Labute approximate surface area is 94.3 Å². The van der Waals surface area contributed by atoms with Crippen LogP contribution in [0.25, 0.3) is 0 Å². The number of rotatable bonds is 3. The van der Waals surface area contributed by atoms with Gasteiger partial charge in [0.15, 0.2) is 0 Å². The first-order chi connectivity index (χ1) is 7.29. The first-order valence-electron chi connectivity index (χ1n) is 5.73. The molecule has 2 N–H and O–H groups in total. The molecule has 1 fully saturated rings. The molecule has 1 aliphatic carbocycles. The lowest BCUT2D eigenvalue weighted by atomic mass is 9.78. The Hall–Kier alpha value is -0.290. The van der Waals surface area contributed by atoms with Crippen LogP contribution in [0.2, 0.25) is 0 Å². The van der Waals surface area contributed by atoms with Crippen LogP contribution in [0.4, 0.5) is 13.2 Å². The summed E-state index contributed by atoms with van der Waals surface area (Å²) in [6.07, 6.45) is -2.31. The highest BCUT2D eigenvalue weighted by molar-refractivity contribution is 4.84. The van der Waals surface area contributed by atoms with Gasteiger partial charge >= 0.3 is 6.18 Å². The molecule has 1 aliphatic rings. The maximum Gasteiger partial charge on any atom is 0.411 e. The van der Waals surface area contributed by atoms with E-state index in [1.54, 1.807) is 0 Å². The summed E-state index contributed by atoms with van der Waals surface area (Å²) < 4.78 is 41.0. The molecule has 16 heavy (non-hydrogen) atoms. The van der Waals surface area contributed by atoms with Gasteiger partial charge in [-0.3, -0.25) is 0 Å². The summed E-state index contributed by atoms with van der Waals surface area (Å²) >= 11 is 0. The van der Waals surface area contributed by atoms with Gasteiger partial charge in [0.1, 0.15) is 6.61 Å². The van der Waals surface area contributed by atoms with E-state index in [1.807, 2.05) is 0 Å². The average Bonchev–Trinajstić information content (AvgIpc) is 2.14. The SMILES string of the molecule is CC(C)C1CCC(N)C(OCC(F)(F)F)C1.